The van der Waals surface area contributed by atoms with E-state index in [4.69, 9.17) is 14.2 Å². The molecule has 0 unspecified atom stereocenters. The number of hydrogen-bond donors (Lipinski definition) is 1. The Hall–Kier alpha value is -2.24. The Kier molecular flexibility index (Phi) is 7.08. The van der Waals surface area contributed by atoms with Gasteiger partial charge in [0.25, 0.3) is 5.91 Å². The molecule has 116 valence electrons. The fraction of sp³-hybridized carbons (Fsp3) is 0.467. The lowest BCUT2D eigenvalue weighted by Crippen LogP contribution is -2.36. The van der Waals surface area contributed by atoms with E-state index in [2.05, 4.69) is 5.32 Å². The highest BCUT2D eigenvalue weighted by Crippen LogP contribution is 2.26. The number of carbonyl (C=O) groups excluding carboxylic acids is 2. The van der Waals surface area contributed by atoms with Crippen LogP contribution in [0.3, 0.4) is 0 Å². The van der Waals surface area contributed by atoms with Crippen LogP contribution in [0.25, 0.3) is 0 Å². The number of hydrogen-bond acceptors (Lipinski definition) is 5. The molecule has 1 amide bonds. The Balaban J connectivity index is 2.48. The molecule has 0 radical (unpaired) electrons. The first-order valence-electron chi connectivity index (χ1n) is 6.90. The second-order valence-electron chi connectivity index (χ2n) is 4.20. The molecule has 1 N–H and O–H groups in total. The summed E-state index contributed by atoms with van der Waals surface area (Å²) in [4.78, 5) is 23.1. The van der Waals surface area contributed by atoms with Crippen molar-refractivity contribution >= 4 is 11.9 Å². The molecule has 0 saturated heterocycles. The van der Waals surface area contributed by atoms with Gasteiger partial charge in [-0.3, -0.25) is 4.79 Å². The van der Waals surface area contributed by atoms with E-state index >= 15 is 0 Å². The Labute approximate surface area is 124 Å². The molecule has 0 bridgehead atoms. The third-order valence-corrected chi connectivity index (χ3v) is 2.52. The van der Waals surface area contributed by atoms with Gasteiger partial charge in [0, 0.05) is 6.54 Å². The van der Waals surface area contributed by atoms with Gasteiger partial charge in [0.15, 0.2) is 24.2 Å². The minimum absolute atomic E-state index is 0.284. The van der Waals surface area contributed by atoms with Crippen LogP contribution < -0.4 is 14.8 Å². The third-order valence-electron chi connectivity index (χ3n) is 2.52. The first-order valence-corrected chi connectivity index (χ1v) is 6.90. The Morgan fingerprint density at radius 1 is 1.14 bits per heavy atom. The molecule has 0 aromatic heterocycles. The quantitative estimate of drug-likeness (QED) is 0.736. The summed E-state index contributed by atoms with van der Waals surface area (Å²) >= 11 is 0. The lowest BCUT2D eigenvalue weighted by molar-refractivity contribution is -0.156. The lowest BCUT2D eigenvalue weighted by atomic mass is 10.3. The molecule has 1 atom stereocenters. The van der Waals surface area contributed by atoms with Crippen molar-refractivity contribution in [3.63, 3.8) is 0 Å². The molecule has 0 aliphatic heterocycles. The molecular formula is C15H21NO5. The van der Waals surface area contributed by atoms with Crippen LogP contribution >= 0.6 is 0 Å². The van der Waals surface area contributed by atoms with E-state index in [1.807, 2.05) is 13.0 Å². The van der Waals surface area contributed by atoms with Crippen LogP contribution in [0.5, 0.6) is 11.5 Å². The van der Waals surface area contributed by atoms with E-state index in [0.29, 0.717) is 24.7 Å². The summed E-state index contributed by atoms with van der Waals surface area (Å²) < 4.78 is 15.7. The highest BCUT2D eigenvalue weighted by molar-refractivity contribution is 5.83. The second kappa shape index (κ2) is 8.84. The van der Waals surface area contributed by atoms with Gasteiger partial charge in [-0.15, -0.1) is 0 Å². The van der Waals surface area contributed by atoms with Crippen LogP contribution in [0.2, 0.25) is 0 Å². The maximum absolute atomic E-state index is 11.6. The largest absolute Gasteiger partial charge is 0.490 e. The summed E-state index contributed by atoms with van der Waals surface area (Å²) in [5.74, 6) is 0.0761. The number of likely N-dealkylation sites (N-methyl/N-ethyl adjacent to an activating group) is 1. The zero-order valence-corrected chi connectivity index (χ0v) is 12.5. The lowest BCUT2D eigenvalue weighted by Gasteiger charge is -2.14. The SMILES string of the molecule is CCNC(=O)[C@@H](C)OC(=O)COc1ccccc1OCC. The number of amides is 1. The standard InChI is InChI=1S/C15H21NO5/c1-4-16-15(18)11(3)21-14(17)10-20-13-9-7-6-8-12(13)19-5-2/h6-9,11H,4-5,10H2,1-3H3,(H,16,18)/t11-/m1/s1. The highest BCUT2D eigenvalue weighted by Gasteiger charge is 2.17. The summed E-state index contributed by atoms with van der Waals surface area (Å²) in [6.07, 6.45) is -0.844. The van der Waals surface area contributed by atoms with Gasteiger partial charge in [-0.1, -0.05) is 12.1 Å². The molecule has 0 saturated carbocycles. The maximum atomic E-state index is 11.6. The summed E-state index contributed by atoms with van der Waals surface area (Å²) in [7, 11) is 0. The average Bonchev–Trinajstić information content (AvgIpc) is 2.47. The number of ether oxygens (including phenoxy) is 3. The topological polar surface area (TPSA) is 73.9 Å². The van der Waals surface area contributed by atoms with Crippen LogP contribution in [-0.4, -0.2) is 37.7 Å². The predicted molar refractivity (Wildman–Crippen MR) is 77.3 cm³/mol. The zero-order chi connectivity index (χ0) is 15.7. The summed E-state index contributed by atoms with van der Waals surface area (Å²) in [5, 5.41) is 2.57. The molecule has 1 rings (SSSR count). The maximum Gasteiger partial charge on any atom is 0.344 e. The number of nitrogens with one attached hydrogen (secondary N) is 1. The Morgan fingerprint density at radius 3 is 2.33 bits per heavy atom. The Morgan fingerprint density at radius 2 is 1.76 bits per heavy atom. The minimum atomic E-state index is -0.844. The van der Waals surface area contributed by atoms with Crippen LogP contribution in [0.15, 0.2) is 24.3 Å². The van der Waals surface area contributed by atoms with Crippen molar-refractivity contribution in [3.8, 4) is 11.5 Å². The van der Waals surface area contributed by atoms with Crippen LogP contribution in [0.4, 0.5) is 0 Å². The number of carbonyl (C=O) groups is 2. The first-order chi connectivity index (χ1) is 10.1. The molecule has 1 aromatic rings. The molecule has 6 nitrogen and oxygen atoms in total. The van der Waals surface area contributed by atoms with E-state index < -0.39 is 12.1 Å². The second-order valence-corrected chi connectivity index (χ2v) is 4.20. The molecule has 21 heavy (non-hydrogen) atoms. The molecule has 0 aliphatic rings. The molecular weight excluding hydrogens is 274 g/mol. The number of benzene rings is 1. The zero-order valence-electron chi connectivity index (χ0n) is 12.5. The smallest absolute Gasteiger partial charge is 0.344 e. The van der Waals surface area contributed by atoms with Crippen molar-refractivity contribution in [1.82, 2.24) is 5.32 Å². The van der Waals surface area contributed by atoms with Crippen molar-refractivity contribution in [1.29, 1.82) is 0 Å². The van der Waals surface area contributed by atoms with E-state index in [9.17, 15) is 9.59 Å². The molecule has 6 heteroatoms. The molecule has 0 spiro atoms. The molecule has 1 aromatic carbocycles. The molecule has 0 fully saturated rings. The van der Waals surface area contributed by atoms with Crippen LogP contribution in [0.1, 0.15) is 20.8 Å². The van der Waals surface area contributed by atoms with E-state index in [1.165, 1.54) is 6.92 Å². The fourth-order valence-electron chi connectivity index (χ4n) is 1.58. The average molecular weight is 295 g/mol. The van der Waals surface area contributed by atoms with Crippen molar-refractivity contribution in [2.24, 2.45) is 0 Å². The Bertz CT molecular complexity index is 475. The van der Waals surface area contributed by atoms with E-state index in [-0.39, 0.29) is 12.5 Å². The fourth-order valence-corrected chi connectivity index (χ4v) is 1.58. The van der Waals surface area contributed by atoms with Crippen molar-refractivity contribution in [3.05, 3.63) is 24.3 Å². The van der Waals surface area contributed by atoms with Gasteiger partial charge in [0.2, 0.25) is 0 Å². The monoisotopic (exact) mass is 295 g/mol. The minimum Gasteiger partial charge on any atom is -0.490 e. The van der Waals surface area contributed by atoms with Crippen molar-refractivity contribution in [2.45, 2.75) is 26.9 Å². The van der Waals surface area contributed by atoms with Gasteiger partial charge in [-0.2, -0.15) is 0 Å². The molecule has 0 aliphatic carbocycles. The normalized spacial score (nSPS) is 11.4. The van der Waals surface area contributed by atoms with Crippen LogP contribution in [-0.2, 0) is 14.3 Å². The summed E-state index contributed by atoms with van der Waals surface area (Å²) in [5.41, 5.74) is 0. The number of esters is 1. The van der Waals surface area contributed by atoms with Gasteiger partial charge in [-0.05, 0) is 32.9 Å². The number of rotatable bonds is 8. The highest BCUT2D eigenvalue weighted by atomic mass is 16.6. The van der Waals surface area contributed by atoms with Gasteiger partial charge < -0.3 is 19.5 Å². The van der Waals surface area contributed by atoms with Crippen molar-refractivity contribution < 1.29 is 23.8 Å². The third kappa shape index (κ3) is 5.72. The van der Waals surface area contributed by atoms with Gasteiger partial charge in [0.1, 0.15) is 0 Å². The predicted octanol–water partition coefficient (Wildman–Crippen LogP) is 1.53. The summed E-state index contributed by atoms with van der Waals surface area (Å²) in [6, 6.07) is 7.04. The van der Waals surface area contributed by atoms with Crippen molar-refractivity contribution in [2.75, 3.05) is 19.8 Å². The summed E-state index contributed by atoms with van der Waals surface area (Å²) in [6.45, 7) is 5.86. The van der Waals surface area contributed by atoms with Gasteiger partial charge in [0.05, 0.1) is 6.61 Å². The number of para-hydroxylation sites is 2. The first kappa shape index (κ1) is 16.8. The van der Waals surface area contributed by atoms with Crippen LogP contribution in [0, 0.1) is 0 Å². The van der Waals surface area contributed by atoms with Gasteiger partial charge in [-0.25, -0.2) is 4.79 Å². The molecule has 0 heterocycles. The van der Waals surface area contributed by atoms with Gasteiger partial charge >= 0.3 is 5.97 Å². The van der Waals surface area contributed by atoms with E-state index in [1.54, 1.807) is 25.1 Å². The van der Waals surface area contributed by atoms with E-state index in [0.717, 1.165) is 0 Å².